The van der Waals surface area contributed by atoms with Crippen molar-refractivity contribution in [2.45, 2.75) is 111 Å². The van der Waals surface area contributed by atoms with Gasteiger partial charge in [-0.2, -0.15) is 0 Å². The molecule has 0 aromatic carbocycles. The van der Waals surface area contributed by atoms with Gasteiger partial charge in [-0.1, -0.05) is 63.5 Å². The van der Waals surface area contributed by atoms with Gasteiger partial charge in [-0.3, -0.25) is 0 Å². The van der Waals surface area contributed by atoms with Gasteiger partial charge in [-0.15, -0.1) is 0 Å². The Morgan fingerprint density at radius 2 is 1.97 bits per heavy atom. The maximum absolute atomic E-state index is 10.1. The zero-order chi connectivity index (χ0) is 21.2. The molecular formula is C28H46O. The van der Waals surface area contributed by atoms with Gasteiger partial charge in [0.1, 0.15) is 0 Å². The molecule has 1 nitrogen and oxygen atoms in total. The highest BCUT2D eigenvalue weighted by atomic mass is 16.3. The Kier molecular flexibility index (Phi) is 7.19. The fraction of sp³-hybridized carbons (Fsp3) is 0.786. The first-order valence-corrected chi connectivity index (χ1v) is 12.4. The first kappa shape index (κ1) is 22.9. The molecule has 0 aromatic heterocycles. The lowest BCUT2D eigenvalue weighted by atomic mass is 9.60. The number of fused-ring (bicyclic) bond motifs is 1. The van der Waals surface area contributed by atoms with E-state index in [1.54, 1.807) is 5.57 Å². The summed E-state index contributed by atoms with van der Waals surface area (Å²) < 4.78 is 0. The van der Waals surface area contributed by atoms with Gasteiger partial charge in [0, 0.05) is 0 Å². The molecule has 3 fully saturated rings. The molecule has 3 rings (SSSR count). The zero-order valence-electron chi connectivity index (χ0n) is 19.9. The number of rotatable bonds is 6. The second-order valence-corrected chi connectivity index (χ2v) is 11.7. The highest BCUT2D eigenvalue weighted by Gasteiger charge is 2.50. The van der Waals surface area contributed by atoms with Crippen molar-refractivity contribution in [3.8, 4) is 0 Å². The van der Waals surface area contributed by atoms with Crippen molar-refractivity contribution in [2.24, 2.45) is 29.1 Å². The Morgan fingerprint density at radius 1 is 1.21 bits per heavy atom. The highest BCUT2D eigenvalue weighted by Crippen LogP contribution is 2.60. The number of allylic oxidation sites excluding steroid dienone is 5. The number of hydrogen-bond donors (Lipinski definition) is 1. The molecule has 0 radical (unpaired) electrons. The van der Waals surface area contributed by atoms with Crippen LogP contribution in [-0.2, 0) is 0 Å². The molecule has 164 valence electrons. The van der Waals surface area contributed by atoms with Gasteiger partial charge >= 0.3 is 0 Å². The summed E-state index contributed by atoms with van der Waals surface area (Å²) in [6.07, 6.45) is 18.8. The van der Waals surface area contributed by atoms with Crippen molar-refractivity contribution in [2.75, 3.05) is 0 Å². The summed E-state index contributed by atoms with van der Waals surface area (Å²) in [6, 6.07) is 0. The molecule has 4 unspecified atom stereocenters. The van der Waals surface area contributed by atoms with E-state index in [0.717, 1.165) is 36.5 Å². The van der Waals surface area contributed by atoms with Crippen LogP contribution in [0.15, 0.2) is 35.5 Å². The van der Waals surface area contributed by atoms with Gasteiger partial charge in [0.25, 0.3) is 0 Å². The number of hydrogen-bond acceptors (Lipinski definition) is 1. The first-order chi connectivity index (χ1) is 13.6. The van der Waals surface area contributed by atoms with E-state index in [0.29, 0.717) is 5.41 Å². The van der Waals surface area contributed by atoms with E-state index in [-0.39, 0.29) is 0 Å². The smallest absolute Gasteiger partial charge is 0.0591 e. The summed E-state index contributed by atoms with van der Waals surface area (Å²) in [6.45, 7) is 15.7. The predicted molar refractivity (Wildman–Crippen MR) is 126 cm³/mol. The molecule has 1 heteroatoms. The Bertz CT molecular complexity index is 646. The van der Waals surface area contributed by atoms with Crippen LogP contribution in [0.2, 0.25) is 0 Å². The Hall–Kier alpha value is -0.820. The van der Waals surface area contributed by atoms with Crippen LogP contribution in [0.1, 0.15) is 105 Å². The molecule has 29 heavy (non-hydrogen) atoms. The Labute approximate surface area is 180 Å². The molecule has 3 aliphatic carbocycles. The lowest BCUT2D eigenvalue weighted by molar-refractivity contribution is 0.0597. The maximum atomic E-state index is 10.1. The van der Waals surface area contributed by atoms with Gasteiger partial charge in [-0.25, -0.2) is 0 Å². The normalized spacial score (nSPS) is 37.2. The minimum atomic E-state index is -0.517. The van der Waals surface area contributed by atoms with Crippen molar-refractivity contribution in [1.82, 2.24) is 0 Å². The first-order valence-electron chi connectivity index (χ1n) is 12.4. The standard InChI is InChI=1S/C28H46O/c1-20-11-12-21(2)24(19-20)14-13-23-10-8-18-28(6)25(15-16-26(23)28)22(3)9-7-17-27(4,5)29/h13-14,20,22,25-26,29H,2,7-12,15-19H2,1,3-6H3/b23-13+,24-14-/t20?,22-,25?,26?,28?/m1/s1. The van der Waals surface area contributed by atoms with Gasteiger partial charge < -0.3 is 5.11 Å². The van der Waals surface area contributed by atoms with Crippen LogP contribution in [0.25, 0.3) is 0 Å². The molecule has 0 aliphatic heterocycles. The van der Waals surface area contributed by atoms with Crippen LogP contribution in [0.5, 0.6) is 0 Å². The topological polar surface area (TPSA) is 20.2 Å². The van der Waals surface area contributed by atoms with Crippen molar-refractivity contribution in [1.29, 1.82) is 0 Å². The lowest BCUT2D eigenvalue weighted by Crippen LogP contribution is -2.36. The molecule has 0 spiro atoms. The zero-order valence-corrected chi connectivity index (χ0v) is 19.9. The van der Waals surface area contributed by atoms with Crippen LogP contribution in [0, 0.1) is 29.1 Å². The molecule has 0 saturated heterocycles. The summed E-state index contributed by atoms with van der Waals surface area (Å²) in [5.41, 5.74) is 4.58. The minimum Gasteiger partial charge on any atom is -0.390 e. The third-order valence-electron chi connectivity index (χ3n) is 8.63. The highest BCUT2D eigenvalue weighted by molar-refractivity contribution is 5.36. The lowest BCUT2D eigenvalue weighted by Gasteiger charge is -2.44. The van der Waals surface area contributed by atoms with Crippen molar-refractivity contribution in [3.05, 3.63) is 35.5 Å². The third-order valence-corrected chi connectivity index (χ3v) is 8.63. The van der Waals surface area contributed by atoms with E-state index in [1.165, 1.54) is 68.9 Å². The SMILES string of the molecule is C=C1CCC(C)C/C1=C/C=C1\CCCC2(C)C1CCC2[C@H](C)CCCC(C)(C)O. The molecule has 5 atom stereocenters. The van der Waals surface area contributed by atoms with Crippen LogP contribution < -0.4 is 0 Å². The monoisotopic (exact) mass is 398 g/mol. The largest absolute Gasteiger partial charge is 0.390 e. The average Bonchev–Trinajstić information content (AvgIpc) is 2.99. The van der Waals surface area contributed by atoms with Gasteiger partial charge in [0.2, 0.25) is 0 Å². The fourth-order valence-electron chi connectivity index (χ4n) is 6.87. The second-order valence-electron chi connectivity index (χ2n) is 11.7. The minimum absolute atomic E-state index is 0.480. The van der Waals surface area contributed by atoms with Gasteiger partial charge in [-0.05, 0) is 106 Å². The Balaban J connectivity index is 1.68. The quantitative estimate of drug-likeness (QED) is 0.480. The molecule has 0 aromatic rings. The van der Waals surface area contributed by atoms with Crippen LogP contribution in [0.4, 0.5) is 0 Å². The van der Waals surface area contributed by atoms with Crippen molar-refractivity contribution < 1.29 is 5.11 Å². The molecule has 0 bridgehead atoms. The van der Waals surface area contributed by atoms with Crippen LogP contribution >= 0.6 is 0 Å². The molecule has 0 heterocycles. The molecule has 1 N–H and O–H groups in total. The second kappa shape index (κ2) is 9.13. The summed E-state index contributed by atoms with van der Waals surface area (Å²) in [4.78, 5) is 0. The molecule has 0 amide bonds. The average molecular weight is 399 g/mol. The van der Waals surface area contributed by atoms with Gasteiger partial charge in [0.15, 0.2) is 0 Å². The van der Waals surface area contributed by atoms with E-state index in [2.05, 4.69) is 39.5 Å². The summed E-state index contributed by atoms with van der Waals surface area (Å²) >= 11 is 0. The van der Waals surface area contributed by atoms with E-state index in [9.17, 15) is 5.11 Å². The maximum Gasteiger partial charge on any atom is 0.0591 e. The summed E-state index contributed by atoms with van der Waals surface area (Å²) in [5.74, 6) is 3.20. The van der Waals surface area contributed by atoms with Gasteiger partial charge in [0.05, 0.1) is 5.60 Å². The molecular weight excluding hydrogens is 352 g/mol. The summed E-state index contributed by atoms with van der Waals surface area (Å²) in [5, 5.41) is 10.1. The Morgan fingerprint density at radius 3 is 2.69 bits per heavy atom. The van der Waals surface area contributed by atoms with E-state index in [1.807, 2.05) is 13.8 Å². The van der Waals surface area contributed by atoms with Crippen LogP contribution in [0.3, 0.4) is 0 Å². The van der Waals surface area contributed by atoms with Crippen molar-refractivity contribution >= 4 is 0 Å². The molecule has 3 aliphatic rings. The van der Waals surface area contributed by atoms with E-state index < -0.39 is 5.60 Å². The predicted octanol–water partition coefficient (Wildman–Crippen LogP) is 8.01. The third kappa shape index (κ3) is 5.46. The molecule has 3 saturated carbocycles. The fourth-order valence-corrected chi connectivity index (χ4v) is 6.87. The van der Waals surface area contributed by atoms with E-state index >= 15 is 0 Å². The number of aliphatic hydroxyl groups is 1. The summed E-state index contributed by atoms with van der Waals surface area (Å²) in [7, 11) is 0. The van der Waals surface area contributed by atoms with E-state index in [4.69, 9.17) is 0 Å². The van der Waals surface area contributed by atoms with Crippen LogP contribution in [-0.4, -0.2) is 10.7 Å². The van der Waals surface area contributed by atoms with Crippen molar-refractivity contribution in [3.63, 3.8) is 0 Å².